The van der Waals surface area contributed by atoms with Gasteiger partial charge in [0.2, 0.25) is 0 Å². The van der Waals surface area contributed by atoms with Crippen LogP contribution in [0.5, 0.6) is 0 Å². The molecule has 2 heteroatoms. The summed E-state index contributed by atoms with van der Waals surface area (Å²) in [6, 6.07) is 0. The van der Waals surface area contributed by atoms with Gasteiger partial charge in [-0.3, -0.25) is 0 Å². The highest BCUT2D eigenvalue weighted by Gasteiger charge is 2.26. The highest BCUT2D eigenvalue weighted by atomic mass is 35.5. The molecule has 0 bridgehead atoms. The molecule has 0 aromatic rings. The van der Waals surface area contributed by atoms with Crippen LogP contribution in [0, 0.1) is 18.3 Å². The molecule has 0 radical (unpaired) electrons. The lowest BCUT2D eigenvalue weighted by atomic mass is 9.87. The molecule has 2 atom stereocenters. The summed E-state index contributed by atoms with van der Waals surface area (Å²) in [6.45, 7) is 4.30. The topological polar surface area (TPSA) is 20.2 Å². The lowest BCUT2D eigenvalue weighted by Crippen LogP contribution is -2.31. The van der Waals surface area contributed by atoms with E-state index in [0.29, 0.717) is 12.3 Å². The smallest absolute Gasteiger partial charge is 0.138 e. The summed E-state index contributed by atoms with van der Waals surface area (Å²) in [6.07, 6.45) is 10.5. The van der Waals surface area contributed by atoms with Crippen LogP contribution in [0.1, 0.15) is 46.0 Å². The summed E-state index contributed by atoms with van der Waals surface area (Å²) in [5, 5.41) is 9.86. The lowest BCUT2D eigenvalue weighted by molar-refractivity contribution is 0.0916. The second kappa shape index (κ2) is 7.15. The summed E-state index contributed by atoms with van der Waals surface area (Å²) in [4.78, 5) is 0. The van der Waals surface area contributed by atoms with Gasteiger partial charge in [0.15, 0.2) is 0 Å². The van der Waals surface area contributed by atoms with Crippen molar-refractivity contribution in [2.24, 2.45) is 5.92 Å². The second-order valence-corrected chi connectivity index (χ2v) is 4.20. The van der Waals surface area contributed by atoms with Gasteiger partial charge in [-0.25, -0.2) is 0 Å². The Balaban J connectivity index is 4.09. The molecule has 0 amide bonds. The van der Waals surface area contributed by atoms with Crippen molar-refractivity contribution in [2.45, 2.75) is 51.6 Å². The molecule has 0 aliphatic rings. The standard InChI is InChI=1S/C12H21ClO/c1-4-7-8-11(5-2)9-12(14,6-3)10-13/h3,11,14H,4-5,7-10H2,1-2H3/t11-,12-/m0/s1. The average Bonchev–Trinajstić information content (AvgIpc) is 2.23. The third kappa shape index (κ3) is 4.88. The molecule has 0 fully saturated rings. The first kappa shape index (κ1) is 13.8. The van der Waals surface area contributed by atoms with Crippen LogP contribution in [0.25, 0.3) is 0 Å². The summed E-state index contributed by atoms with van der Waals surface area (Å²) >= 11 is 5.65. The first-order valence-electron chi connectivity index (χ1n) is 5.38. The van der Waals surface area contributed by atoms with Crippen LogP contribution < -0.4 is 0 Å². The lowest BCUT2D eigenvalue weighted by Gasteiger charge is -2.24. The number of rotatable bonds is 7. The van der Waals surface area contributed by atoms with E-state index < -0.39 is 5.60 Å². The number of terminal acetylenes is 1. The van der Waals surface area contributed by atoms with Crippen molar-refractivity contribution in [3.05, 3.63) is 0 Å². The molecule has 1 nitrogen and oxygen atoms in total. The number of alkyl halides is 1. The van der Waals surface area contributed by atoms with Crippen LogP contribution >= 0.6 is 11.6 Å². The molecule has 0 saturated carbocycles. The molecular weight excluding hydrogens is 196 g/mol. The Kier molecular flexibility index (Phi) is 7.05. The van der Waals surface area contributed by atoms with E-state index in [1.165, 1.54) is 12.8 Å². The highest BCUT2D eigenvalue weighted by molar-refractivity contribution is 6.18. The quantitative estimate of drug-likeness (QED) is 0.512. The van der Waals surface area contributed by atoms with Crippen molar-refractivity contribution >= 4 is 11.6 Å². The van der Waals surface area contributed by atoms with Crippen LogP contribution in [-0.2, 0) is 0 Å². The van der Waals surface area contributed by atoms with Gasteiger partial charge in [0.05, 0.1) is 5.88 Å². The second-order valence-electron chi connectivity index (χ2n) is 3.93. The van der Waals surface area contributed by atoms with Crippen molar-refractivity contribution in [3.63, 3.8) is 0 Å². The molecule has 1 N–H and O–H groups in total. The molecule has 0 unspecified atom stereocenters. The van der Waals surface area contributed by atoms with Crippen molar-refractivity contribution in [1.29, 1.82) is 0 Å². The Labute approximate surface area is 92.9 Å². The van der Waals surface area contributed by atoms with Gasteiger partial charge in [-0.05, 0) is 12.3 Å². The summed E-state index contributed by atoms with van der Waals surface area (Å²) in [5.74, 6) is 3.02. The minimum Gasteiger partial charge on any atom is -0.376 e. The number of unbranched alkanes of at least 4 members (excludes halogenated alkanes) is 1. The Morgan fingerprint density at radius 2 is 2.14 bits per heavy atom. The molecule has 0 aliphatic heterocycles. The van der Waals surface area contributed by atoms with E-state index in [2.05, 4.69) is 19.8 Å². The predicted molar refractivity (Wildman–Crippen MR) is 62.4 cm³/mol. The molecule has 0 heterocycles. The Morgan fingerprint density at radius 3 is 2.50 bits per heavy atom. The Morgan fingerprint density at radius 1 is 1.50 bits per heavy atom. The number of hydrogen-bond acceptors (Lipinski definition) is 1. The summed E-state index contributed by atoms with van der Waals surface area (Å²) in [7, 11) is 0. The van der Waals surface area contributed by atoms with Gasteiger partial charge in [0.1, 0.15) is 5.60 Å². The highest BCUT2D eigenvalue weighted by Crippen LogP contribution is 2.24. The van der Waals surface area contributed by atoms with Crippen molar-refractivity contribution < 1.29 is 5.11 Å². The number of hydrogen-bond donors (Lipinski definition) is 1. The van der Waals surface area contributed by atoms with Gasteiger partial charge in [-0.2, -0.15) is 0 Å². The molecule has 0 rings (SSSR count). The van der Waals surface area contributed by atoms with Crippen LogP contribution in [0.15, 0.2) is 0 Å². The van der Waals surface area contributed by atoms with Gasteiger partial charge in [0, 0.05) is 0 Å². The monoisotopic (exact) mass is 216 g/mol. The van der Waals surface area contributed by atoms with Gasteiger partial charge in [-0.15, -0.1) is 18.0 Å². The maximum absolute atomic E-state index is 9.86. The fourth-order valence-electron chi connectivity index (χ4n) is 1.57. The third-order valence-corrected chi connectivity index (χ3v) is 3.10. The van der Waals surface area contributed by atoms with E-state index >= 15 is 0 Å². The SMILES string of the molecule is C#C[C@@](O)(CCl)C[C@@H](CC)CCCC. The molecular formula is C12H21ClO. The molecule has 0 spiro atoms. The van der Waals surface area contributed by atoms with E-state index in [9.17, 15) is 5.11 Å². The molecule has 0 aromatic carbocycles. The normalized spacial score (nSPS) is 17.1. The summed E-state index contributed by atoms with van der Waals surface area (Å²) in [5.41, 5.74) is -1.10. The van der Waals surface area contributed by atoms with Crippen LogP contribution in [0.4, 0.5) is 0 Å². The third-order valence-electron chi connectivity index (χ3n) is 2.66. The van der Waals surface area contributed by atoms with Crippen molar-refractivity contribution in [2.75, 3.05) is 5.88 Å². The Bertz CT molecular complexity index is 185. The average molecular weight is 217 g/mol. The molecule has 0 aliphatic carbocycles. The zero-order valence-electron chi connectivity index (χ0n) is 9.22. The zero-order valence-corrected chi connectivity index (χ0v) is 9.98. The van der Waals surface area contributed by atoms with Crippen LogP contribution in [-0.4, -0.2) is 16.6 Å². The van der Waals surface area contributed by atoms with Gasteiger partial charge >= 0.3 is 0 Å². The van der Waals surface area contributed by atoms with E-state index in [4.69, 9.17) is 18.0 Å². The van der Waals surface area contributed by atoms with E-state index in [1.54, 1.807) is 0 Å². The minimum atomic E-state index is -1.10. The molecule has 0 saturated heterocycles. The fraction of sp³-hybridized carbons (Fsp3) is 0.833. The fourth-order valence-corrected chi connectivity index (χ4v) is 1.76. The van der Waals surface area contributed by atoms with Crippen molar-refractivity contribution in [1.82, 2.24) is 0 Å². The van der Waals surface area contributed by atoms with Crippen molar-refractivity contribution in [3.8, 4) is 12.3 Å². The van der Waals surface area contributed by atoms with E-state index in [0.717, 1.165) is 12.8 Å². The first-order valence-corrected chi connectivity index (χ1v) is 5.91. The van der Waals surface area contributed by atoms with E-state index in [-0.39, 0.29) is 5.88 Å². The largest absolute Gasteiger partial charge is 0.376 e. The maximum Gasteiger partial charge on any atom is 0.138 e. The van der Waals surface area contributed by atoms with Crippen LogP contribution in [0.3, 0.4) is 0 Å². The van der Waals surface area contributed by atoms with Gasteiger partial charge in [-0.1, -0.05) is 45.5 Å². The molecule has 82 valence electrons. The first-order chi connectivity index (χ1) is 6.61. The minimum absolute atomic E-state index is 0.131. The molecule has 14 heavy (non-hydrogen) atoms. The molecule has 0 aromatic heterocycles. The van der Waals surface area contributed by atoms with Gasteiger partial charge in [0.25, 0.3) is 0 Å². The number of halogens is 1. The Hall–Kier alpha value is -0.190. The maximum atomic E-state index is 9.86. The predicted octanol–water partition coefficient (Wildman–Crippen LogP) is 3.20. The van der Waals surface area contributed by atoms with Gasteiger partial charge < -0.3 is 5.11 Å². The number of aliphatic hydroxyl groups is 1. The zero-order chi connectivity index (χ0) is 11.0. The van der Waals surface area contributed by atoms with Crippen LogP contribution in [0.2, 0.25) is 0 Å². The van der Waals surface area contributed by atoms with E-state index in [1.807, 2.05) is 0 Å². The summed E-state index contributed by atoms with van der Waals surface area (Å²) < 4.78 is 0.